The van der Waals surface area contributed by atoms with Crippen molar-refractivity contribution in [3.05, 3.63) is 16.9 Å². The van der Waals surface area contributed by atoms with Crippen LogP contribution in [0, 0.1) is 11.3 Å². The van der Waals surface area contributed by atoms with Gasteiger partial charge < -0.3 is 5.32 Å². The van der Waals surface area contributed by atoms with E-state index in [0.29, 0.717) is 11.3 Å². The molecule has 3 nitrogen and oxygen atoms in total. The first-order valence-electron chi connectivity index (χ1n) is 6.59. The summed E-state index contributed by atoms with van der Waals surface area (Å²) in [6.07, 6.45) is 4.00. The molecule has 1 aromatic heterocycles. The van der Waals surface area contributed by atoms with Gasteiger partial charge in [0.05, 0.1) is 23.0 Å². The van der Waals surface area contributed by atoms with Gasteiger partial charge in [-0.25, -0.2) is 0 Å². The molecule has 1 aromatic rings. The summed E-state index contributed by atoms with van der Waals surface area (Å²) >= 11 is 6.21. The van der Waals surface area contributed by atoms with Crippen molar-refractivity contribution < 1.29 is 0 Å². The summed E-state index contributed by atoms with van der Waals surface area (Å²) < 4.78 is 1.87. The average molecular weight is 272 g/mol. The van der Waals surface area contributed by atoms with E-state index in [1.807, 2.05) is 18.8 Å². The number of halogens is 1. The molecule has 1 rings (SSSR count). The largest absolute Gasteiger partial charge is 0.312 e. The van der Waals surface area contributed by atoms with Crippen LogP contribution in [0.3, 0.4) is 0 Å². The molecule has 0 spiro atoms. The summed E-state index contributed by atoms with van der Waals surface area (Å²) in [6, 6.07) is 0.266. The lowest BCUT2D eigenvalue weighted by Crippen LogP contribution is -2.23. The molecule has 2 atom stereocenters. The normalized spacial score (nSPS) is 15.7. The Balaban J connectivity index is 2.74. The molecule has 0 aliphatic carbocycles. The van der Waals surface area contributed by atoms with Crippen molar-refractivity contribution in [2.24, 2.45) is 18.4 Å². The third-order valence-corrected chi connectivity index (χ3v) is 3.51. The molecule has 2 unspecified atom stereocenters. The molecule has 0 bridgehead atoms. The molecule has 0 saturated heterocycles. The van der Waals surface area contributed by atoms with Crippen molar-refractivity contribution in [2.75, 3.05) is 7.05 Å². The second-order valence-corrected chi connectivity index (χ2v) is 6.86. The van der Waals surface area contributed by atoms with Crippen LogP contribution in [0.25, 0.3) is 0 Å². The van der Waals surface area contributed by atoms with Crippen molar-refractivity contribution in [1.82, 2.24) is 15.1 Å². The lowest BCUT2D eigenvalue weighted by Gasteiger charge is -2.26. The first-order valence-corrected chi connectivity index (χ1v) is 6.97. The standard InChI is InChI=1S/C14H26ClN3/c1-10(8-14(2,3)4)7-12(16-5)13-11(15)9-17-18(13)6/h9-10,12,16H,7-8H2,1-6H3. The lowest BCUT2D eigenvalue weighted by atomic mass is 9.82. The van der Waals surface area contributed by atoms with Gasteiger partial charge in [-0.1, -0.05) is 39.3 Å². The Hall–Kier alpha value is -0.540. The fourth-order valence-corrected chi connectivity index (χ4v) is 3.01. The smallest absolute Gasteiger partial charge is 0.0833 e. The number of hydrogen-bond donors (Lipinski definition) is 1. The van der Waals surface area contributed by atoms with Crippen molar-refractivity contribution in [3.8, 4) is 0 Å². The summed E-state index contributed by atoms with van der Waals surface area (Å²) in [6.45, 7) is 9.17. The number of aromatic nitrogens is 2. The molecular formula is C14H26ClN3. The van der Waals surface area contributed by atoms with Crippen molar-refractivity contribution in [2.45, 2.75) is 46.6 Å². The highest BCUT2D eigenvalue weighted by Gasteiger charge is 2.22. The van der Waals surface area contributed by atoms with Gasteiger partial charge in [0.2, 0.25) is 0 Å². The van der Waals surface area contributed by atoms with Crippen LogP contribution in [0.15, 0.2) is 6.20 Å². The molecule has 0 aliphatic heterocycles. The van der Waals surface area contributed by atoms with E-state index in [1.165, 1.54) is 6.42 Å². The summed E-state index contributed by atoms with van der Waals surface area (Å²) in [5.74, 6) is 0.647. The number of hydrogen-bond acceptors (Lipinski definition) is 2. The first-order chi connectivity index (χ1) is 8.24. The van der Waals surface area contributed by atoms with E-state index in [-0.39, 0.29) is 6.04 Å². The van der Waals surface area contributed by atoms with Gasteiger partial charge in [0.15, 0.2) is 0 Å². The third-order valence-electron chi connectivity index (χ3n) is 3.22. The fraction of sp³-hybridized carbons (Fsp3) is 0.786. The number of nitrogens with one attached hydrogen (secondary N) is 1. The van der Waals surface area contributed by atoms with E-state index in [0.717, 1.165) is 17.1 Å². The van der Waals surface area contributed by atoms with Crippen molar-refractivity contribution in [1.29, 1.82) is 0 Å². The van der Waals surface area contributed by atoms with Crippen LogP contribution in [0.2, 0.25) is 5.02 Å². The predicted octanol–water partition coefficient (Wildman–Crippen LogP) is 3.80. The van der Waals surface area contributed by atoms with Crippen LogP contribution >= 0.6 is 11.6 Å². The zero-order chi connectivity index (χ0) is 13.9. The molecule has 1 heterocycles. The summed E-state index contributed by atoms with van der Waals surface area (Å²) in [4.78, 5) is 0. The molecule has 0 saturated carbocycles. The molecule has 0 aromatic carbocycles. The van der Waals surface area contributed by atoms with Crippen LogP contribution in [-0.4, -0.2) is 16.8 Å². The van der Waals surface area contributed by atoms with E-state index in [2.05, 4.69) is 38.1 Å². The van der Waals surface area contributed by atoms with Crippen molar-refractivity contribution in [3.63, 3.8) is 0 Å². The summed E-state index contributed by atoms with van der Waals surface area (Å²) in [5, 5.41) is 8.32. The average Bonchev–Trinajstić information content (AvgIpc) is 2.53. The fourth-order valence-electron chi connectivity index (χ4n) is 2.71. The zero-order valence-electron chi connectivity index (χ0n) is 12.4. The van der Waals surface area contributed by atoms with E-state index in [4.69, 9.17) is 11.6 Å². The van der Waals surface area contributed by atoms with Crippen LogP contribution in [-0.2, 0) is 7.05 Å². The molecule has 104 valence electrons. The van der Waals surface area contributed by atoms with Gasteiger partial charge in [-0.05, 0) is 31.2 Å². The Morgan fingerprint density at radius 2 is 2.06 bits per heavy atom. The second kappa shape index (κ2) is 6.07. The molecule has 0 amide bonds. The maximum absolute atomic E-state index is 6.21. The Labute approximate surface area is 116 Å². The van der Waals surface area contributed by atoms with Gasteiger partial charge in [-0.2, -0.15) is 5.10 Å². The highest BCUT2D eigenvalue weighted by molar-refractivity contribution is 6.31. The predicted molar refractivity (Wildman–Crippen MR) is 77.9 cm³/mol. The van der Waals surface area contributed by atoms with Gasteiger partial charge in [-0.3, -0.25) is 4.68 Å². The Morgan fingerprint density at radius 1 is 1.44 bits per heavy atom. The summed E-state index contributed by atoms with van der Waals surface area (Å²) in [5.41, 5.74) is 1.45. The van der Waals surface area contributed by atoms with Gasteiger partial charge in [-0.15, -0.1) is 0 Å². The quantitative estimate of drug-likeness (QED) is 0.883. The van der Waals surface area contributed by atoms with E-state index in [9.17, 15) is 0 Å². The minimum atomic E-state index is 0.266. The SMILES string of the molecule is CNC(CC(C)CC(C)(C)C)c1c(Cl)cnn1C. The third kappa shape index (κ3) is 4.29. The zero-order valence-corrected chi connectivity index (χ0v) is 13.2. The molecular weight excluding hydrogens is 246 g/mol. The van der Waals surface area contributed by atoms with Crippen molar-refractivity contribution >= 4 is 11.6 Å². The van der Waals surface area contributed by atoms with Crippen LogP contribution < -0.4 is 5.32 Å². The molecule has 4 heteroatoms. The minimum absolute atomic E-state index is 0.266. The monoisotopic (exact) mass is 271 g/mol. The van der Waals surface area contributed by atoms with Crippen LogP contribution in [0.1, 0.15) is 52.3 Å². The molecule has 0 radical (unpaired) electrons. The van der Waals surface area contributed by atoms with E-state index < -0.39 is 0 Å². The molecule has 0 aliphatic rings. The Morgan fingerprint density at radius 3 is 2.44 bits per heavy atom. The van der Waals surface area contributed by atoms with Gasteiger partial charge >= 0.3 is 0 Å². The van der Waals surface area contributed by atoms with Gasteiger partial charge in [0.1, 0.15) is 0 Å². The molecule has 0 fully saturated rings. The minimum Gasteiger partial charge on any atom is -0.312 e. The maximum atomic E-state index is 6.21. The topological polar surface area (TPSA) is 29.9 Å². The van der Waals surface area contributed by atoms with Gasteiger partial charge in [0.25, 0.3) is 0 Å². The maximum Gasteiger partial charge on any atom is 0.0833 e. The van der Waals surface area contributed by atoms with Gasteiger partial charge in [0, 0.05) is 7.05 Å². The highest BCUT2D eigenvalue weighted by atomic mass is 35.5. The highest BCUT2D eigenvalue weighted by Crippen LogP contribution is 2.32. The number of nitrogens with zero attached hydrogens (tertiary/aromatic N) is 2. The number of rotatable bonds is 5. The Kier molecular flexibility index (Phi) is 5.23. The van der Waals surface area contributed by atoms with E-state index >= 15 is 0 Å². The van der Waals surface area contributed by atoms with E-state index in [1.54, 1.807) is 6.20 Å². The second-order valence-electron chi connectivity index (χ2n) is 6.45. The van der Waals surface area contributed by atoms with Crippen LogP contribution in [0.5, 0.6) is 0 Å². The molecule has 18 heavy (non-hydrogen) atoms. The first kappa shape index (κ1) is 15.5. The molecule has 1 N–H and O–H groups in total. The Bertz CT molecular complexity index is 359. The van der Waals surface area contributed by atoms with Crippen LogP contribution in [0.4, 0.5) is 0 Å². The summed E-state index contributed by atoms with van der Waals surface area (Å²) in [7, 11) is 3.93. The number of aryl methyl sites for hydroxylation is 1. The lowest BCUT2D eigenvalue weighted by molar-refractivity contribution is 0.276.